The molecule has 0 bridgehead atoms. The fraction of sp³-hybridized carbons (Fsp3) is 0.500. The van der Waals surface area contributed by atoms with Gasteiger partial charge in [0.2, 0.25) is 0 Å². The average molecular weight is 344 g/mol. The number of thioether (sulfide) groups is 1. The predicted octanol–water partition coefficient (Wildman–Crippen LogP) is 3.43. The normalized spacial score (nSPS) is 18.2. The van der Waals surface area contributed by atoms with E-state index in [1.165, 1.54) is 0 Å². The smallest absolute Gasteiger partial charge is 0.253 e. The van der Waals surface area contributed by atoms with Crippen molar-refractivity contribution in [3.05, 3.63) is 28.2 Å². The van der Waals surface area contributed by atoms with Crippen molar-refractivity contribution in [2.24, 2.45) is 0 Å². The zero-order valence-corrected chi connectivity index (χ0v) is 13.8. The highest BCUT2D eigenvalue weighted by Crippen LogP contribution is 2.31. The number of rotatable bonds is 2. The van der Waals surface area contributed by atoms with Crippen LogP contribution in [-0.2, 0) is 0 Å². The minimum absolute atomic E-state index is 0.0942. The first-order valence-electron chi connectivity index (χ1n) is 6.20. The second-order valence-electron chi connectivity index (χ2n) is 5.18. The number of benzene rings is 1. The Morgan fingerprint density at radius 1 is 1.47 bits per heavy atom. The van der Waals surface area contributed by atoms with E-state index in [2.05, 4.69) is 29.8 Å². The van der Waals surface area contributed by atoms with Crippen molar-refractivity contribution in [2.45, 2.75) is 18.6 Å². The molecule has 0 N–H and O–H groups in total. The van der Waals surface area contributed by atoms with Crippen LogP contribution in [0.15, 0.2) is 22.7 Å². The highest BCUT2D eigenvalue weighted by molar-refractivity contribution is 9.10. The van der Waals surface area contributed by atoms with Crippen LogP contribution in [0.3, 0.4) is 0 Å². The van der Waals surface area contributed by atoms with Gasteiger partial charge in [0.1, 0.15) is 5.75 Å². The van der Waals surface area contributed by atoms with Crippen LogP contribution in [0.5, 0.6) is 5.75 Å². The number of nitrogens with zero attached hydrogens (tertiary/aromatic N) is 1. The summed E-state index contributed by atoms with van der Waals surface area (Å²) in [4.78, 5) is 14.4. The number of hydrogen-bond acceptors (Lipinski definition) is 3. The standard InChI is InChI=1S/C14H18BrNO2S/c1-14(2)9-16(6-7-19-14)13(17)10-4-5-12(18-3)11(15)8-10/h4-5,8H,6-7,9H2,1-3H3. The van der Waals surface area contributed by atoms with E-state index in [4.69, 9.17) is 4.74 Å². The largest absolute Gasteiger partial charge is 0.496 e. The van der Waals surface area contributed by atoms with Crippen LogP contribution in [-0.4, -0.2) is 41.5 Å². The Morgan fingerprint density at radius 3 is 2.79 bits per heavy atom. The summed E-state index contributed by atoms with van der Waals surface area (Å²) in [6.07, 6.45) is 0. The molecule has 0 aromatic heterocycles. The highest BCUT2D eigenvalue weighted by Gasteiger charge is 2.30. The summed E-state index contributed by atoms with van der Waals surface area (Å²) in [5.74, 6) is 1.83. The highest BCUT2D eigenvalue weighted by atomic mass is 79.9. The molecule has 0 atom stereocenters. The number of hydrogen-bond donors (Lipinski definition) is 0. The number of carbonyl (C=O) groups excluding carboxylic acids is 1. The molecule has 0 radical (unpaired) electrons. The fourth-order valence-corrected chi connectivity index (χ4v) is 3.82. The maximum atomic E-state index is 12.5. The lowest BCUT2D eigenvalue weighted by Crippen LogP contribution is -2.46. The topological polar surface area (TPSA) is 29.5 Å². The second-order valence-corrected chi connectivity index (χ2v) is 7.84. The minimum Gasteiger partial charge on any atom is -0.496 e. The molecule has 1 saturated heterocycles. The maximum Gasteiger partial charge on any atom is 0.253 e. The van der Waals surface area contributed by atoms with Crippen molar-refractivity contribution in [3.8, 4) is 5.75 Å². The lowest BCUT2D eigenvalue weighted by atomic mass is 10.1. The molecule has 5 heteroatoms. The molecule has 19 heavy (non-hydrogen) atoms. The van der Waals surface area contributed by atoms with E-state index in [-0.39, 0.29) is 10.7 Å². The van der Waals surface area contributed by atoms with Gasteiger partial charge >= 0.3 is 0 Å². The average Bonchev–Trinajstić information content (AvgIpc) is 2.36. The number of halogens is 1. The molecule has 1 amide bonds. The summed E-state index contributed by atoms with van der Waals surface area (Å²) >= 11 is 5.34. The van der Waals surface area contributed by atoms with Crippen LogP contribution >= 0.6 is 27.7 Å². The van der Waals surface area contributed by atoms with Crippen LogP contribution in [0.25, 0.3) is 0 Å². The first kappa shape index (κ1) is 14.7. The zero-order chi connectivity index (χ0) is 14.0. The van der Waals surface area contributed by atoms with Crippen LogP contribution in [0, 0.1) is 0 Å². The SMILES string of the molecule is COc1ccc(C(=O)N2CCSC(C)(C)C2)cc1Br. The molecule has 1 heterocycles. The van der Waals surface area contributed by atoms with Crippen molar-refractivity contribution in [1.29, 1.82) is 0 Å². The Balaban J connectivity index is 2.17. The summed E-state index contributed by atoms with van der Waals surface area (Å²) in [6, 6.07) is 5.47. The maximum absolute atomic E-state index is 12.5. The second kappa shape index (κ2) is 5.75. The van der Waals surface area contributed by atoms with Gasteiger partial charge in [-0.3, -0.25) is 4.79 Å². The van der Waals surface area contributed by atoms with Gasteiger partial charge in [-0.15, -0.1) is 0 Å². The van der Waals surface area contributed by atoms with Gasteiger partial charge in [-0.05, 0) is 48.0 Å². The summed E-state index contributed by atoms with van der Waals surface area (Å²) in [6.45, 7) is 5.97. The van der Waals surface area contributed by atoms with Gasteiger partial charge in [0.15, 0.2) is 0 Å². The Kier molecular flexibility index (Phi) is 4.46. The third kappa shape index (κ3) is 3.45. The van der Waals surface area contributed by atoms with E-state index in [0.29, 0.717) is 5.56 Å². The Morgan fingerprint density at radius 2 is 2.21 bits per heavy atom. The van der Waals surface area contributed by atoms with Gasteiger partial charge in [-0.1, -0.05) is 0 Å². The number of carbonyl (C=O) groups is 1. The quantitative estimate of drug-likeness (QED) is 0.823. The number of methoxy groups -OCH3 is 1. The third-order valence-electron chi connectivity index (χ3n) is 3.11. The molecule has 1 aliphatic heterocycles. The van der Waals surface area contributed by atoms with Gasteiger partial charge in [0, 0.05) is 29.2 Å². The third-order valence-corrected chi connectivity index (χ3v) is 5.03. The van der Waals surface area contributed by atoms with Gasteiger partial charge in [0.05, 0.1) is 11.6 Å². The molecule has 1 aliphatic rings. The molecule has 1 aromatic rings. The molecule has 3 nitrogen and oxygen atoms in total. The van der Waals surface area contributed by atoms with Crippen molar-refractivity contribution >= 4 is 33.6 Å². The summed E-state index contributed by atoms with van der Waals surface area (Å²) in [5.41, 5.74) is 0.704. The summed E-state index contributed by atoms with van der Waals surface area (Å²) in [5, 5.41) is 0. The Bertz CT molecular complexity index is 490. The van der Waals surface area contributed by atoms with Crippen molar-refractivity contribution in [2.75, 3.05) is 26.0 Å². The molecule has 0 aliphatic carbocycles. The molecule has 2 rings (SSSR count). The van der Waals surface area contributed by atoms with Crippen LogP contribution in [0.2, 0.25) is 0 Å². The lowest BCUT2D eigenvalue weighted by molar-refractivity contribution is 0.0748. The van der Waals surface area contributed by atoms with E-state index in [0.717, 1.165) is 29.1 Å². The summed E-state index contributed by atoms with van der Waals surface area (Å²) < 4.78 is 6.13. The number of ether oxygens (including phenoxy) is 1. The zero-order valence-electron chi connectivity index (χ0n) is 11.4. The monoisotopic (exact) mass is 343 g/mol. The van der Waals surface area contributed by atoms with Crippen molar-refractivity contribution in [3.63, 3.8) is 0 Å². The molecular formula is C14H18BrNO2S. The molecule has 1 fully saturated rings. The van der Waals surface area contributed by atoms with E-state index >= 15 is 0 Å². The predicted molar refractivity (Wildman–Crippen MR) is 83.1 cm³/mol. The first-order valence-corrected chi connectivity index (χ1v) is 7.97. The van der Waals surface area contributed by atoms with Crippen LogP contribution < -0.4 is 4.74 Å². The molecule has 0 unspecified atom stereocenters. The Labute approximate surface area is 126 Å². The van der Waals surface area contributed by atoms with Crippen molar-refractivity contribution in [1.82, 2.24) is 4.90 Å². The van der Waals surface area contributed by atoms with Crippen LogP contribution in [0.1, 0.15) is 24.2 Å². The molecule has 104 valence electrons. The van der Waals surface area contributed by atoms with Gasteiger partial charge in [-0.25, -0.2) is 0 Å². The van der Waals surface area contributed by atoms with Gasteiger partial charge in [0.25, 0.3) is 5.91 Å². The summed E-state index contributed by atoms with van der Waals surface area (Å²) in [7, 11) is 1.62. The van der Waals surface area contributed by atoms with Gasteiger partial charge < -0.3 is 9.64 Å². The lowest BCUT2D eigenvalue weighted by Gasteiger charge is -2.37. The Hall–Kier alpha value is -0.680. The molecule has 1 aromatic carbocycles. The van der Waals surface area contributed by atoms with E-state index in [1.807, 2.05) is 34.9 Å². The van der Waals surface area contributed by atoms with Gasteiger partial charge in [-0.2, -0.15) is 11.8 Å². The fourth-order valence-electron chi connectivity index (χ4n) is 2.17. The number of amides is 1. The van der Waals surface area contributed by atoms with E-state index < -0.39 is 0 Å². The van der Waals surface area contributed by atoms with Crippen LogP contribution in [0.4, 0.5) is 0 Å². The van der Waals surface area contributed by atoms with E-state index in [9.17, 15) is 4.79 Å². The van der Waals surface area contributed by atoms with E-state index in [1.54, 1.807) is 7.11 Å². The molecule has 0 saturated carbocycles. The van der Waals surface area contributed by atoms with Crippen molar-refractivity contribution < 1.29 is 9.53 Å². The molecule has 0 spiro atoms. The first-order chi connectivity index (χ1) is 8.93. The minimum atomic E-state index is 0.0942. The molecular weight excluding hydrogens is 326 g/mol.